The Bertz CT molecular complexity index is 673. The van der Waals surface area contributed by atoms with Gasteiger partial charge in [0.1, 0.15) is 0 Å². The van der Waals surface area contributed by atoms with E-state index in [0.717, 1.165) is 24.7 Å². The molecule has 2 saturated carbocycles. The molecule has 0 unspecified atom stereocenters. The molecule has 1 saturated heterocycles. The number of amides is 1. The third kappa shape index (κ3) is 7.19. The summed E-state index contributed by atoms with van der Waals surface area (Å²) in [6, 6.07) is 7.04. The highest BCUT2D eigenvalue weighted by Crippen LogP contribution is 2.30. The first kappa shape index (κ1) is 22.9. The Morgan fingerprint density at radius 2 is 1.63 bits per heavy atom. The average Bonchev–Trinajstić information content (AvgIpc) is 3.54. The lowest BCUT2D eigenvalue weighted by molar-refractivity contribution is 0.182. The molecule has 0 spiro atoms. The molecule has 1 aromatic carbocycles. The highest BCUT2D eigenvalue weighted by molar-refractivity contribution is 5.64. The van der Waals surface area contributed by atoms with Crippen molar-refractivity contribution in [2.75, 3.05) is 37.6 Å². The van der Waals surface area contributed by atoms with Gasteiger partial charge in [-0.05, 0) is 75.8 Å². The van der Waals surface area contributed by atoms with Crippen LogP contribution in [0.15, 0.2) is 18.2 Å². The van der Waals surface area contributed by atoms with E-state index in [1.807, 2.05) is 0 Å². The second-order valence-corrected chi connectivity index (χ2v) is 9.60. The van der Waals surface area contributed by atoms with Crippen molar-refractivity contribution in [3.05, 3.63) is 29.3 Å². The Morgan fingerprint density at radius 3 is 2.17 bits per heavy atom. The highest BCUT2D eigenvalue weighted by Gasteiger charge is 2.26. The number of anilines is 1. The summed E-state index contributed by atoms with van der Waals surface area (Å²) in [5.41, 5.74) is 4.22. The maximum atomic E-state index is 10.3. The molecule has 30 heavy (non-hydrogen) atoms. The SMILES string of the molecule is CC[C@H]1CC[C@H](NC(=O)O)CC1.Cc1ccc(N2CCN(CC3CC3)CC2)c(C)c1. The van der Waals surface area contributed by atoms with Gasteiger partial charge in [-0.3, -0.25) is 4.90 Å². The van der Waals surface area contributed by atoms with Crippen molar-refractivity contribution in [1.82, 2.24) is 10.2 Å². The van der Waals surface area contributed by atoms with Crippen LogP contribution in [0.3, 0.4) is 0 Å². The molecule has 2 N–H and O–H groups in total. The lowest BCUT2D eigenvalue weighted by atomic mass is 9.85. The summed E-state index contributed by atoms with van der Waals surface area (Å²) < 4.78 is 0. The lowest BCUT2D eigenvalue weighted by Crippen LogP contribution is -2.47. The summed E-state index contributed by atoms with van der Waals surface area (Å²) in [7, 11) is 0. The number of benzene rings is 1. The Hall–Kier alpha value is -1.75. The first-order valence-electron chi connectivity index (χ1n) is 12.0. The number of aryl methyl sites for hydroxylation is 2. The van der Waals surface area contributed by atoms with Crippen LogP contribution < -0.4 is 10.2 Å². The van der Waals surface area contributed by atoms with Gasteiger partial charge in [0.25, 0.3) is 0 Å². The van der Waals surface area contributed by atoms with Gasteiger partial charge in [-0.25, -0.2) is 4.79 Å². The maximum absolute atomic E-state index is 10.3. The van der Waals surface area contributed by atoms with Gasteiger partial charge in [0.2, 0.25) is 0 Å². The Labute approximate surface area is 182 Å². The second-order valence-electron chi connectivity index (χ2n) is 9.60. The molecule has 168 valence electrons. The number of nitrogens with one attached hydrogen (secondary N) is 1. The third-order valence-corrected chi connectivity index (χ3v) is 7.03. The van der Waals surface area contributed by atoms with Crippen LogP contribution in [0.4, 0.5) is 10.5 Å². The zero-order valence-electron chi connectivity index (χ0n) is 19.2. The molecule has 2 aliphatic carbocycles. The minimum absolute atomic E-state index is 0.213. The van der Waals surface area contributed by atoms with E-state index in [-0.39, 0.29) is 6.04 Å². The van der Waals surface area contributed by atoms with Crippen molar-refractivity contribution in [2.45, 2.75) is 71.8 Å². The van der Waals surface area contributed by atoms with Crippen LogP contribution in [0.5, 0.6) is 0 Å². The van der Waals surface area contributed by atoms with E-state index in [1.54, 1.807) is 0 Å². The molecule has 1 amide bonds. The van der Waals surface area contributed by atoms with Crippen LogP contribution >= 0.6 is 0 Å². The van der Waals surface area contributed by atoms with E-state index in [0.29, 0.717) is 0 Å². The summed E-state index contributed by atoms with van der Waals surface area (Å²) in [6.45, 7) is 12.8. The van der Waals surface area contributed by atoms with E-state index in [9.17, 15) is 4.79 Å². The smallest absolute Gasteiger partial charge is 0.404 e. The van der Waals surface area contributed by atoms with Gasteiger partial charge in [0.05, 0.1) is 0 Å². The van der Waals surface area contributed by atoms with Crippen LogP contribution in [0.25, 0.3) is 0 Å². The monoisotopic (exact) mass is 415 g/mol. The predicted octanol–water partition coefficient (Wildman–Crippen LogP) is 5.06. The number of hydrogen-bond donors (Lipinski definition) is 2. The largest absolute Gasteiger partial charge is 0.465 e. The molecule has 5 nitrogen and oxygen atoms in total. The number of hydrogen-bond acceptors (Lipinski definition) is 3. The molecular formula is C25H41N3O2. The minimum Gasteiger partial charge on any atom is -0.465 e. The van der Waals surface area contributed by atoms with Crippen molar-refractivity contribution >= 4 is 11.8 Å². The molecule has 0 radical (unpaired) electrons. The summed E-state index contributed by atoms with van der Waals surface area (Å²) in [6.07, 6.45) is 7.70. The van der Waals surface area contributed by atoms with Crippen molar-refractivity contribution in [3.63, 3.8) is 0 Å². The molecule has 5 heteroatoms. The molecule has 4 rings (SSSR count). The first-order chi connectivity index (χ1) is 14.4. The fourth-order valence-corrected chi connectivity index (χ4v) is 4.89. The van der Waals surface area contributed by atoms with E-state index >= 15 is 0 Å². The molecule has 3 fully saturated rings. The van der Waals surface area contributed by atoms with E-state index in [2.05, 4.69) is 54.1 Å². The van der Waals surface area contributed by atoms with Crippen LogP contribution in [-0.4, -0.2) is 54.9 Å². The lowest BCUT2D eigenvalue weighted by Gasteiger charge is -2.37. The number of rotatable bonds is 5. The Balaban J connectivity index is 0.000000187. The third-order valence-electron chi connectivity index (χ3n) is 7.03. The zero-order valence-corrected chi connectivity index (χ0v) is 19.2. The molecular weight excluding hydrogens is 374 g/mol. The second kappa shape index (κ2) is 11.0. The van der Waals surface area contributed by atoms with Gasteiger partial charge >= 0.3 is 6.09 Å². The Kier molecular flexibility index (Phi) is 8.43. The zero-order chi connectivity index (χ0) is 21.5. The number of carboxylic acid groups (broad SMARTS) is 1. The standard InChI is InChI=1S/C16H24N2.C9H17NO2/c1-13-3-6-16(14(2)11-13)18-9-7-17(8-10-18)12-15-4-5-15;1-2-7-3-5-8(6-4-7)10-9(11)12/h3,6,11,15H,4-5,7-10,12H2,1-2H3;7-8,10H,2-6H2,1H3,(H,11,12)/t;7-,8-. The number of nitrogens with zero attached hydrogens (tertiary/aromatic N) is 2. The van der Waals surface area contributed by atoms with Gasteiger partial charge in [-0.2, -0.15) is 0 Å². The van der Waals surface area contributed by atoms with Gasteiger partial charge in [-0.15, -0.1) is 0 Å². The number of piperazine rings is 1. The summed E-state index contributed by atoms with van der Waals surface area (Å²) >= 11 is 0. The van der Waals surface area contributed by atoms with E-state index in [4.69, 9.17) is 5.11 Å². The van der Waals surface area contributed by atoms with Crippen LogP contribution in [0.1, 0.15) is 63.0 Å². The molecule has 0 atom stereocenters. The van der Waals surface area contributed by atoms with Crippen molar-refractivity contribution in [1.29, 1.82) is 0 Å². The molecule has 1 heterocycles. The summed E-state index contributed by atoms with van der Waals surface area (Å²) in [4.78, 5) is 15.5. The van der Waals surface area contributed by atoms with Crippen molar-refractivity contribution in [2.24, 2.45) is 11.8 Å². The van der Waals surface area contributed by atoms with Crippen molar-refractivity contribution in [3.8, 4) is 0 Å². The Morgan fingerprint density at radius 1 is 1.00 bits per heavy atom. The van der Waals surface area contributed by atoms with Gasteiger partial charge in [-0.1, -0.05) is 31.0 Å². The fourth-order valence-electron chi connectivity index (χ4n) is 4.89. The maximum Gasteiger partial charge on any atom is 0.404 e. The molecule has 0 bridgehead atoms. The summed E-state index contributed by atoms with van der Waals surface area (Å²) in [5, 5.41) is 11.0. The fraction of sp³-hybridized carbons (Fsp3) is 0.720. The number of carbonyl (C=O) groups is 1. The highest BCUT2D eigenvalue weighted by atomic mass is 16.4. The van der Waals surface area contributed by atoms with Crippen molar-refractivity contribution < 1.29 is 9.90 Å². The van der Waals surface area contributed by atoms with Crippen LogP contribution in [0.2, 0.25) is 0 Å². The molecule has 0 aromatic heterocycles. The minimum atomic E-state index is -0.880. The summed E-state index contributed by atoms with van der Waals surface area (Å²) in [5.74, 6) is 1.86. The first-order valence-corrected chi connectivity index (χ1v) is 12.0. The molecule has 3 aliphatic rings. The average molecular weight is 416 g/mol. The van der Waals surface area contributed by atoms with Gasteiger partial charge < -0.3 is 15.3 Å². The quantitative estimate of drug-likeness (QED) is 0.706. The van der Waals surface area contributed by atoms with E-state index in [1.165, 1.54) is 81.6 Å². The van der Waals surface area contributed by atoms with Crippen LogP contribution in [0, 0.1) is 25.7 Å². The molecule has 1 aromatic rings. The molecule has 1 aliphatic heterocycles. The normalized spacial score (nSPS) is 24.7. The van der Waals surface area contributed by atoms with Crippen LogP contribution in [-0.2, 0) is 0 Å². The predicted molar refractivity (Wildman–Crippen MR) is 124 cm³/mol. The van der Waals surface area contributed by atoms with Gasteiger partial charge in [0, 0.05) is 44.5 Å². The van der Waals surface area contributed by atoms with Gasteiger partial charge in [0.15, 0.2) is 0 Å². The van der Waals surface area contributed by atoms with E-state index < -0.39 is 6.09 Å². The topological polar surface area (TPSA) is 55.8 Å².